The Morgan fingerprint density at radius 1 is 0.538 bits per heavy atom. The summed E-state index contributed by atoms with van der Waals surface area (Å²) in [5.74, 6) is 2.83. The summed E-state index contributed by atoms with van der Waals surface area (Å²) in [4.78, 5) is 0. The largest absolute Gasteiger partial charge is 0.530 e. The van der Waals surface area contributed by atoms with Gasteiger partial charge in [-0.15, -0.1) is 0 Å². The maximum Gasteiger partial charge on any atom is 0.530 e. The normalized spacial score (nSPS) is 16.6. The quantitative estimate of drug-likeness (QED) is 0.213. The van der Waals surface area contributed by atoms with E-state index in [0.29, 0.717) is 12.2 Å². The van der Waals surface area contributed by atoms with Crippen molar-refractivity contribution in [1.82, 2.24) is 0 Å². The predicted molar refractivity (Wildman–Crippen MR) is 220 cm³/mol. The highest BCUT2D eigenvalue weighted by molar-refractivity contribution is 7.43. The van der Waals surface area contributed by atoms with Crippen LogP contribution in [0.25, 0.3) is 0 Å². The molecule has 5 heteroatoms. The van der Waals surface area contributed by atoms with Crippen molar-refractivity contribution in [2.75, 3.05) is 0 Å². The maximum absolute atomic E-state index is 11.7. The third-order valence-corrected chi connectivity index (χ3v) is 11.2. The van der Waals surface area contributed by atoms with Crippen LogP contribution < -0.4 is 13.6 Å². The molecule has 5 rings (SSSR count). The Kier molecular flexibility index (Phi) is 10.5. The van der Waals surface area contributed by atoms with E-state index in [0.717, 1.165) is 72.9 Å². The van der Waals surface area contributed by atoms with Gasteiger partial charge in [-0.3, -0.25) is 0 Å². The van der Waals surface area contributed by atoms with Gasteiger partial charge in [-0.1, -0.05) is 161 Å². The van der Waals surface area contributed by atoms with Crippen molar-refractivity contribution in [2.45, 2.75) is 152 Å². The van der Waals surface area contributed by atoms with Gasteiger partial charge in [-0.25, -0.2) is 0 Å². The number of benzene rings is 4. The second-order valence-electron chi connectivity index (χ2n) is 19.5. The monoisotopic (exact) mass is 722 g/mol. The number of aromatic hydroxyl groups is 1. The van der Waals surface area contributed by atoms with E-state index in [1.54, 1.807) is 0 Å². The van der Waals surface area contributed by atoms with Crippen LogP contribution in [0.1, 0.15) is 163 Å². The van der Waals surface area contributed by atoms with Crippen LogP contribution in [-0.4, -0.2) is 5.11 Å². The Labute approximate surface area is 316 Å². The van der Waals surface area contributed by atoms with Gasteiger partial charge in [0.2, 0.25) is 0 Å². The summed E-state index contributed by atoms with van der Waals surface area (Å²) in [6.07, 6.45) is 0.503. The van der Waals surface area contributed by atoms with E-state index in [4.69, 9.17) is 13.6 Å². The molecular weight excluding hydrogens is 659 g/mol. The van der Waals surface area contributed by atoms with E-state index >= 15 is 0 Å². The Hall–Kier alpha value is -3.49. The van der Waals surface area contributed by atoms with Gasteiger partial charge in [0, 0.05) is 40.2 Å². The van der Waals surface area contributed by atoms with E-state index in [1.165, 1.54) is 11.1 Å². The molecule has 52 heavy (non-hydrogen) atoms. The first-order valence-corrected chi connectivity index (χ1v) is 20.0. The molecule has 0 fully saturated rings. The molecule has 0 radical (unpaired) electrons. The second-order valence-corrected chi connectivity index (χ2v) is 20.5. The summed E-state index contributed by atoms with van der Waals surface area (Å²) < 4.78 is 21.6. The molecular formula is C47H63O4P. The molecule has 4 aromatic rings. The minimum atomic E-state index is -1.99. The zero-order valence-electron chi connectivity index (χ0n) is 35.0. The molecule has 0 spiro atoms. The lowest BCUT2D eigenvalue weighted by molar-refractivity contribution is 0.361. The Morgan fingerprint density at radius 2 is 0.904 bits per heavy atom. The third-order valence-electron chi connectivity index (χ3n) is 10.2. The standard InChI is InChI=1S/C47H63O4P/c1-27-18-32(40(48)36(22-27)44(6,7)8)26-33-19-28(2)23-37(45(9,10)11)41(33)49-52-50-42-34(20-29(3)24-38(42)46(12,13)14)31(5)35-21-30(4)25-39(43(35)51-52)47(15,16)17/h18-25,31,48H,26H2,1-17H3. The van der Waals surface area contributed by atoms with Crippen molar-refractivity contribution >= 4 is 8.60 Å². The molecule has 4 nitrogen and oxygen atoms in total. The molecule has 0 amide bonds. The van der Waals surface area contributed by atoms with Crippen LogP contribution in [0, 0.1) is 27.7 Å². The van der Waals surface area contributed by atoms with E-state index in [9.17, 15) is 5.11 Å². The molecule has 1 heterocycles. The Bertz CT molecular complexity index is 1920. The van der Waals surface area contributed by atoms with Gasteiger partial charge in [0.1, 0.15) is 23.0 Å². The molecule has 0 saturated heterocycles. The lowest BCUT2D eigenvalue weighted by Crippen LogP contribution is -2.21. The molecule has 0 saturated carbocycles. The first kappa shape index (κ1) is 39.7. The number of rotatable bonds is 4. The summed E-state index contributed by atoms with van der Waals surface area (Å²) in [6, 6.07) is 17.7. The van der Waals surface area contributed by atoms with Gasteiger partial charge in [-0.2, -0.15) is 0 Å². The van der Waals surface area contributed by atoms with Gasteiger partial charge in [0.05, 0.1) is 0 Å². The molecule has 4 aromatic carbocycles. The van der Waals surface area contributed by atoms with Crippen LogP contribution in [0.5, 0.6) is 23.0 Å². The summed E-state index contributed by atoms with van der Waals surface area (Å²) in [5.41, 5.74) is 12.4. The van der Waals surface area contributed by atoms with Crippen LogP contribution in [0.15, 0.2) is 48.5 Å². The van der Waals surface area contributed by atoms with E-state index in [2.05, 4.69) is 166 Å². The fourth-order valence-corrected chi connectivity index (χ4v) is 8.60. The van der Waals surface area contributed by atoms with Crippen LogP contribution >= 0.6 is 8.60 Å². The highest BCUT2D eigenvalue weighted by Gasteiger charge is 2.38. The summed E-state index contributed by atoms with van der Waals surface area (Å²) in [7, 11) is -1.99. The molecule has 0 bridgehead atoms. The number of phenols is 1. The van der Waals surface area contributed by atoms with Crippen molar-refractivity contribution < 1.29 is 18.7 Å². The van der Waals surface area contributed by atoms with Crippen LogP contribution in [0.4, 0.5) is 0 Å². The van der Waals surface area contributed by atoms with Crippen molar-refractivity contribution in [1.29, 1.82) is 0 Å². The van der Waals surface area contributed by atoms with Crippen LogP contribution in [0.2, 0.25) is 0 Å². The zero-order valence-corrected chi connectivity index (χ0v) is 35.9. The number of hydrogen-bond acceptors (Lipinski definition) is 4. The maximum atomic E-state index is 11.7. The SMILES string of the molecule is Cc1cc(Cc2cc(C)cc(C(C)(C)C)c2OP2Oc3c(cc(C)cc3C(C)(C)C)C(C)c3cc(C)cc(C(C)(C)C)c3O2)c(O)c(C(C)(C)C)c1. The van der Waals surface area contributed by atoms with Crippen molar-refractivity contribution in [2.24, 2.45) is 0 Å². The van der Waals surface area contributed by atoms with Gasteiger partial charge in [-0.05, 0) is 66.0 Å². The first-order valence-electron chi connectivity index (χ1n) is 18.9. The molecule has 280 valence electrons. The van der Waals surface area contributed by atoms with Gasteiger partial charge < -0.3 is 18.7 Å². The average molecular weight is 723 g/mol. The van der Waals surface area contributed by atoms with Gasteiger partial charge in [0.25, 0.3) is 0 Å². The third kappa shape index (κ3) is 8.18. The van der Waals surface area contributed by atoms with Gasteiger partial charge >= 0.3 is 8.60 Å². The first-order chi connectivity index (χ1) is 23.8. The lowest BCUT2D eigenvalue weighted by Gasteiger charge is -2.35. The lowest BCUT2D eigenvalue weighted by atomic mass is 9.79. The topological polar surface area (TPSA) is 47.9 Å². The van der Waals surface area contributed by atoms with Crippen molar-refractivity contribution in [3.8, 4) is 23.0 Å². The Morgan fingerprint density at radius 3 is 1.33 bits per heavy atom. The summed E-state index contributed by atoms with van der Waals surface area (Å²) >= 11 is 0. The van der Waals surface area contributed by atoms with Crippen LogP contribution in [-0.2, 0) is 28.1 Å². The fraction of sp³-hybridized carbons (Fsp3) is 0.489. The minimum absolute atomic E-state index is 0.0329. The van der Waals surface area contributed by atoms with E-state index in [1.807, 2.05) is 0 Å². The van der Waals surface area contributed by atoms with E-state index in [-0.39, 0.29) is 27.6 Å². The minimum Gasteiger partial charge on any atom is -0.507 e. The molecule has 1 N–H and O–H groups in total. The second kappa shape index (κ2) is 13.7. The van der Waals surface area contributed by atoms with E-state index < -0.39 is 8.60 Å². The molecule has 1 aliphatic rings. The molecule has 0 unspecified atom stereocenters. The molecule has 0 aliphatic carbocycles. The zero-order chi connectivity index (χ0) is 38.9. The number of phenolic OH excluding ortho intramolecular Hbond substituents is 1. The number of aryl methyl sites for hydroxylation is 4. The smallest absolute Gasteiger partial charge is 0.507 e. The Balaban J connectivity index is 1.79. The summed E-state index contributed by atoms with van der Waals surface area (Å²) in [6.45, 7) is 37.4. The molecule has 1 aliphatic heterocycles. The number of hydrogen-bond donors (Lipinski definition) is 1. The summed E-state index contributed by atoms with van der Waals surface area (Å²) in [5, 5.41) is 11.7. The average Bonchev–Trinajstić information content (AvgIpc) is 2.98. The van der Waals surface area contributed by atoms with Gasteiger partial charge in [0.15, 0.2) is 0 Å². The highest BCUT2D eigenvalue weighted by Crippen LogP contribution is 2.56. The van der Waals surface area contributed by atoms with Crippen LogP contribution in [0.3, 0.4) is 0 Å². The predicted octanol–water partition coefficient (Wildman–Crippen LogP) is 13.6. The fourth-order valence-electron chi connectivity index (χ4n) is 7.42. The number of fused-ring (bicyclic) bond motifs is 2. The van der Waals surface area contributed by atoms with Crippen molar-refractivity contribution in [3.63, 3.8) is 0 Å². The van der Waals surface area contributed by atoms with Crippen molar-refractivity contribution in [3.05, 3.63) is 115 Å². The molecule has 0 aromatic heterocycles. The highest BCUT2D eigenvalue weighted by atomic mass is 31.2. The molecule has 0 atom stereocenters.